The SMILES string of the molecule is C[C@@H](OC(=O)c1ccc(O)cc1)C(=O)Nc1cc(Cl)ccc1Cl. The fraction of sp³-hybridized carbons (Fsp3) is 0.125. The molecule has 0 aliphatic carbocycles. The minimum atomic E-state index is -1.04. The van der Waals surface area contributed by atoms with Gasteiger partial charge in [-0.3, -0.25) is 4.79 Å². The Bertz CT molecular complexity index is 731. The largest absolute Gasteiger partial charge is 0.508 e. The molecule has 0 spiro atoms. The van der Waals surface area contributed by atoms with E-state index in [9.17, 15) is 14.7 Å². The first kappa shape index (κ1) is 17.1. The molecule has 23 heavy (non-hydrogen) atoms. The molecule has 0 fully saturated rings. The average Bonchev–Trinajstić information content (AvgIpc) is 2.51. The maximum absolute atomic E-state index is 12.1. The van der Waals surface area contributed by atoms with Crippen LogP contribution in [0.5, 0.6) is 5.75 Å². The molecule has 0 saturated heterocycles. The monoisotopic (exact) mass is 353 g/mol. The second-order valence-corrected chi connectivity index (χ2v) is 5.55. The van der Waals surface area contributed by atoms with Gasteiger partial charge >= 0.3 is 5.97 Å². The third-order valence-corrected chi connectivity index (χ3v) is 3.51. The number of aromatic hydroxyl groups is 1. The Morgan fingerprint density at radius 2 is 1.78 bits per heavy atom. The van der Waals surface area contributed by atoms with Gasteiger partial charge < -0.3 is 15.2 Å². The van der Waals surface area contributed by atoms with Crippen molar-refractivity contribution in [1.29, 1.82) is 0 Å². The number of benzene rings is 2. The highest BCUT2D eigenvalue weighted by atomic mass is 35.5. The number of nitrogens with one attached hydrogen (secondary N) is 1. The molecule has 0 aromatic heterocycles. The molecule has 2 rings (SSSR count). The van der Waals surface area contributed by atoms with Crippen LogP contribution in [0, 0.1) is 0 Å². The number of amides is 1. The number of phenolic OH excluding ortho intramolecular Hbond substituents is 1. The van der Waals surface area contributed by atoms with Gasteiger partial charge in [0.05, 0.1) is 16.3 Å². The highest BCUT2D eigenvalue weighted by Gasteiger charge is 2.20. The Balaban J connectivity index is 2.01. The maximum atomic E-state index is 12.1. The minimum Gasteiger partial charge on any atom is -0.508 e. The number of ether oxygens (including phenoxy) is 1. The van der Waals surface area contributed by atoms with E-state index in [1.165, 1.54) is 37.3 Å². The molecule has 0 heterocycles. The van der Waals surface area contributed by atoms with Crippen molar-refractivity contribution in [2.45, 2.75) is 13.0 Å². The van der Waals surface area contributed by atoms with Gasteiger partial charge in [-0.15, -0.1) is 0 Å². The van der Waals surface area contributed by atoms with Crippen LogP contribution in [0.2, 0.25) is 10.0 Å². The normalized spacial score (nSPS) is 11.6. The van der Waals surface area contributed by atoms with Gasteiger partial charge in [-0.05, 0) is 49.4 Å². The Kier molecular flexibility index (Phi) is 5.47. The topological polar surface area (TPSA) is 75.6 Å². The van der Waals surface area contributed by atoms with Gasteiger partial charge in [-0.2, -0.15) is 0 Å². The van der Waals surface area contributed by atoms with E-state index in [-0.39, 0.29) is 11.3 Å². The van der Waals surface area contributed by atoms with Crippen molar-refractivity contribution < 1.29 is 19.4 Å². The van der Waals surface area contributed by atoms with Crippen molar-refractivity contribution in [2.24, 2.45) is 0 Å². The fourth-order valence-corrected chi connectivity index (χ4v) is 2.04. The highest BCUT2D eigenvalue weighted by molar-refractivity contribution is 6.35. The van der Waals surface area contributed by atoms with E-state index in [2.05, 4.69) is 5.32 Å². The Morgan fingerprint density at radius 1 is 1.13 bits per heavy atom. The molecule has 2 aromatic carbocycles. The quantitative estimate of drug-likeness (QED) is 0.817. The van der Waals surface area contributed by atoms with Gasteiger partial charge in [0, 0.05) is 5.02 Å². The summed E-state index contributed by atoms with van der Waals surface area (Å²) in [6.07, 6.45) is -1.04. The van der Waals surface area contributed by atoms with Crippen LogP contribution in [0.15, 0.2) is 42.5 Å². The molecular formula is C16H13Cl2NO4. The fourth-order valence-electron chi connectivity index (χ4n) is 1.71. The van der Waals surface area contributed by atoms with Crippen molar-refractivity contribution >= 4 is 40.8 Å². The van der Waals surface area contributed by atoms with Crippen molar-refractivity contribution in [3.8, 4) is 5.75 Å². The lowest BCUT2D eigenvalue weighted by Gasteiger charge is -2.14. The predicted molar refractivity (Wildman–Crippen MR) is 88.1 cm³/mol. The molecule has 5 nitrogen and oxygen atoms in total. The minimum absolute atomic E-state index is 0.0305. The van der Waals surface area contributed by atoms with Crippen LogP contribution in [-0.2, 0) is 9.53 Å². The molecular weight excluding hydrogens is 341 g/mol. The number of esters is 1. The van der Waals surface area contributed by atoms with Gasteiger partial charge in [-0.1, -0.05) is 23.2 Å². The first-order chi connectivity index (χ1) is 10.9. The Labute approximate surface area is 142 Å². The number of halogens is 2. The van der Waals surface area contributed by atoms with E-state index in [1.807, 2.05) is 0 Å². The summed E-state index contributed by atoms with van der Waals surface area (Å²) in [7, 11) is 0. The average molecular weight is 354 g/mol. The Hall–Kier alpha value is -2.24. The molecule has 2 N–H and O–H groups in total. The number of hydrogen-bond acceptors (Lipinski definition) is 4. The summed E-state index contributed by atoms with van der Waals surface area (Å²) >= 11 is 11.8. The molecule has 0 radical (unpaired) electrons. The van der Waals surface area contributed by atoms with E-state index in [0.29, 0.717) is 15.7 Å². The smallest absolute Gasteiger partial charge is 0.338 e. The zero-order valence-corrected chi connectivity index (χ0v) is 13.6. The summed E-state index contributed by atoms with van der Waals surface area (Å²) in [6, 6.07) is 10.1. The second kappa shape index (κ2) is 7.35. The number of rotatable bonds is 4. The molecule has 0 bridgehead atoms. The number of hydrogen-bond donors (Lipinski definition) is 2. The lowest BCUT2D eigenvalue weighted by molar-refractivity contribution is -0.123. The number of anilines is 1. The van der Waals surface area contributed by atoms with Gasteiger partial charge in [0.2, 0.25) is 0 Å². The lowest BCUT2D eigenvalue weighted by Crippen LogP contribution is -2.30. The predicted octanol–water partition coefficient (Wildman–Crippen LogP) is 3.88. The van der Waals surface area contributed by atoms with Gasteiger partial charge in [-0.25, -0.2) is 4.79 Å². The summed E-state index contributed by atoms with van der Waals surface area (Å²) in [5.41, 5.74) is 0.555. The van der Waals surface area contributed by atoms with Crippen LogP contribution in [0.4, 0.5) is 5.69 Å². The van der Waals surface area contributed by atoms with Gasteiger partial charge in [0.25, 0.3) is 5.91 Å². The highest BCUT2D eigenvalue weighted by Crippen LogP contribution is 2.25. The van der Waals surface area contributed by atoms with Crippen molar-refractivity contribution in [3.63, 3.8) is 0 Å². The zero-order chi connectivity index (χ0) is 17.0. The summed E-state index contributed by atoms with van der Waals surface area (Å²) in [5, 5.41) is 12.5. The first-order valence-corrected chi connectivity index (χ1v) is 7.38. The molecule has 7 heteroatoms. The standard InChI is InChI=1S/C16H13Cl2NO4/c1-9(23-16(22)10-2-5-12(20)6-3-10)15(21)19-14-8-11(17)4-7-13(14)18/h2-9,20H,1H3,(H,19,21)/t9-/m1/s1. The summed E-state index contributed by atoms with van der Waals surface area (Å²) in [4.78, 5) is 24.0. The van der Waals surface area contributed by atoms with E-state index < -0.39 is 18.0 Å². The zero-order valence-electron chi connectivity index (χ0n) is 12.0. The molecule has 1 amide bonds. The lowest BCUT2D eigenvalue weighted by atomic mass is 10.2. The van der Waals surface area contributed by atoms with Crippen LogP contribution in [0.1, 0.15) is 17.3 Å². The van der Waals surface area contributed by atoms with E-state index in [0.717, 1.165) is 0 Å². The van der Waals surface area contributed by atoms with E-state index in [1.54, 1.807) is 12.1 Å². The summed E-state index contributed by atoms with van der Waals surface area (Å²) in [6.45, 7) is 1.44. The molecule has 120 valence electrons. The van der Waals surface area contributed by atoms with E-state index >= 15 is 0 Å². The number of carbonyl (C=O) groups excluding carboxylic acids is 2. The molecule has 0 aliphatic heterocycles. The van der Waals surface area contributed by atoms with Crippen LogP contribution < -0.4 is 5.32 Å². The molecule has 0 saturated carbocycles. The van der Waals surface area contributed by atoms with Gasteiger partial charge in [0.15, 0.2) is 6.10 Å². The molecule has 0 unspecified atom stereocenters. The van der Waals surface area contributed by atoms with Crippen molar-refractivity contribution in [2.75, 3.05) is 5.32 Å². The van der Waals surface area contributed by atoms with Crippen LogP contribution >= 0.6 is 23.2 Å². The first-order valence-electron chi connectivity index (χ1n) is 6.63. The van der Waals surface area contributed by atoms with E-state index in [4.69, 9.17) is 27.9 Å². The molecule has 0 aliphatic rings. The maximum Gasteiger partial charge on any atom is 0.338 e. The van der Waals surface area contributed by atoms with Crippen molar-refractivity contribution in [1.82, 2.24) is 0 Å². The Morgan fingerprint density at radius 3 is 2.43 bits per heavy atom. The van der Waals surface area contributed by atoms with Crippen LogP contribution in [-0.4, -0.2) is 23.1 Å². The molecule has 1 atom stereocenters. The number of carbonyl (C=O) groups is 2. The second-order valence-electron chi connectivity index (χ2n) is 4.71. The van der Waals surface area contributed by atoms with Crippen LogP contribution in [0.3, 0.4) is 0 Å². The summed E-state index contributed by atoms with van der Waals surface area (Å²) < 4.78 is 5.07. The van der Waals surface area contributed by atoms with Crippen molar-refractivity contribution in [3.05, 3.63) is 58.1 Å². The summed E-state index contributed by atoms with van der Waals surface area (Å²) in [5.74, 6) is -1.19. The van der Waals surface area contributed by atoms with Crippen LogP contribution in [0.25, 0.3) is 0 Å². The third kappa shape index (κ3) is 4.61. The van der Waals surface area contributed by atoms with Gasteiger partial charge in [0.1, 0.15) is 5.75 Å². The third-order valence-electron chi connectivity index (χ3n) is 2.94. The number of phenols is 1. The molecule has 2 aromatic rings.